The van der Waals surface area contributed by atoms with Gasteiger partial charge < -0.3 is 0 Å². The summed E-state index contributed by atoms with van der Waals surface area (Å²) < 4.78 is 56.8. The van der Waals surface area contributed by atoms with Crippen molar-refractivity contribution in [3.8, 4) is 0 Å². The van der Waals surface area contributed by atoms with Gasteiger partial charge in [-0.2, -0.15) is 13.2 Å². The van der Waals surface area contributed by atoms with Gasteiger partial charge in [0.15, 0.2) is 5.03 Å². The molecular weight excluding hydrogens is 326 g/mol. The topological polar surface area (TPSA) is 47.0 Å². The minimum absolute atomic E-state index is 0.350. The van der Waals surface area contributed by atoms with Gasteiger partial charge in [-0.3, -0.25) is 0 Å². The van der Waals surface area contributed by atoms with Crippen LogP contribution < -0.4 is 0 Å². The number of pyridine rings is 1. The molecule has 0 spiro atoms. The van der Waals surface area contributed by atoms with E-state index in [-0.39, 0.29) is 0 Å². The maximum absolute atomic E-state index is 12.2. The lowest BCUT2D eigenvalue weighted by molar-refractivity contribution is -0.137. The highest BCUT2D eigenvalue weighted by molar-refractivity contribution is 7.97. The van der Waals surface area contributed by atoms with Crippen LogP contribution in [0.5, 0.6) is 0 Å². The first-order chi connectivity index (χ1) is 7.46. The van der Waals surface area contributed by atoms with E-state index in [2.05, 4.69) is 4.98 Å². The summed E-state index contributed by atoms with van der Waals surface area (Å²) in [5.41, 5.74) is -1.10. The largest absolute Gasteiger partial charge is 0.417 e. The molecule has 0 amide bonds. The highest BCUT2D eigenvalue weighted by Crippen LogP contribution is 2.37. The molecule has 0 aliphatic heterocycles. The molecular formula is C7H3Cl3F3NO2S. The number of alkyl halides is 6. The van der Waals surface area contributed by atoms with Gasteiger partial charge in [0, 0.05) is 6.20 Å². The molecule has 0 fully saturated rings. The molecule has 96 valence electrons. The first-order valence-electron chi connectivity index (χ1n) is 3.81. The van der Waals surface area contributed by atoms with E-state index in [0.717, 1.165) is 0 Å². The summed E-state index contributed by atoms with van der Waals surface area (Å²) in [4.78, 5) is 3.12. The van der Waals surface area contributed by atoms with Crippen molar-refractivity contribution in [2.45, 2.75) is 14.3 Å². The van der Waals surface area contributed by atoms with Gasteiger partial charge in [0.2, 0.25) is 9.84 Å². The Balaban J connectivity index is 3.22. The summed E-state index contributed by atoms with van der Waals surface area (Å²) in [5.74, 6) is 0. The molecule has 1 rings (SSSR count). The van der Waals surface area contributed by atoms with Gasteiger partial charge >= 0.3 is 6.18 Å². The van der Waals surface area contributed by atoms with E-state index in [9.17, 15) is 21.6 Å². The van der Waals surface area contributed by atoms with E-state index < -0.39 is 29.7 Å². The summed E-state index contributed by atoms with van der Waals surface area (Å²) in [6.07, 6.45) is -4.27. The van der Waals surface area contributed by atoms with Crippen molar-refractivity contribution in [2.24, 2.45) is 0 Å². The van der Waals surface area contributed by atoms with Crippen LogP contribution in [0, 0.1) is 0 Å². The van der Waals surface area contributed by atoms with Crippen LogP contribution in [-0.2, 0) is 16.0 Å². The minimum Gasteiger partial charge on any atom is -0.244 e. The lowest BCUT2D eigenvalue weighted by Crippen LogP contribution is -2.21. The van der Waals surface area contributed by atoms with Gasteiger partial charge in [-0.25, -0.2) is 13.4 Å². The second-order valence-electron chi connectivity index (χ2n) is 2.83. The number of halogens is 6. The van der Waals surface area contributed by atoms with E-state index in [0.29, 0.717) is 18.3 Å². The van der Waals surface area contributed by atoms with Gasteiger partial charge in [-0.15, -0.1) is 0 Å². The number of sulfone groups is 1. The average molecular weight is 329 g/mol. The Morgan fingerprint density at radius 2 is 1.65 bits per heavy atom. The van der Waals surface area contributed by atoms with Crippen LogP contribution in [0.4, 0.5) is 13.2 Å². The van der Waals surface area contributed by atoms with Crippen molar-refractivity contribution in [3.63, 3.8) is 0 Å². The molecule has 1 aromatic rings. The zero-order chi connectivity index (χ0) is 13.5. The van der Waals surface area contributed by atoms with Gasteiger partial charge in [0.25, 0.3) is 3.12 Å². The molecule has 0 bridgehead atoms. The van der Waals surface area contributed by atoms with E-state index in [1.54, 1.807) is 0 Å². The maximum atomic E-state index is 12.2. The summed E-state index contributed by atoms with van der Waals surface area (Å²) in [7, 11) is -4.42. The lowest BCUT2D eigenvalue weighted by atomic mass is 10.3. The van der Waals surface area contributed by atoms with Crippen LogP contribution in [0.1, 0.15) is 5.56 Å². The molecule has 0 atom stereocenters. The monoisotopic (exact) mass is 327 g/mol. The number of hydrogen-bond acceptors (Lipinski definition) is 3. The Kier molecular flexibility index (Phi) is 3.88. The van der Waals surface area contributed by atoms with Crippen LogP contribution >= 0.6 is 34.8 Å². The Hall–Kier alpha value is -0.240. The summed E-state index contributed by atoms with van der Waals surface area (Å²) in [5, 5.41) is -0.745. The van der Waals surface area contributed by atoms with E-state index >= 15 is 0 Å². The SMILES string of the molecule is O=S(=O)(c1ccc(C(F)(F)F)cn1)C(Cl)(Cl)Cl. The normalized spacial score (nSPS) is 13.8. The first-order valence-corrected chi connectivity index (χ1v) is 6.42. The molecule has 0 unspecified atom stereocenters. The van der Waals surface area contributed by atoms with E-state index in [1.165, 1.54) is 0 Å². The van der Waals surface area contributed by atoms with E-state index in [1.807, 2.05) is 0 Å². The summed E-state index contributed by atoms with van der Waals surface area (Å²) >= 11 is 15.5. The second-order valence-corrected chi connectivity index (χ2v) is 7.82. The lowest BCUT2D eigenvalue weighted by Gasteiger charge is -2.12. The van der Waals surface area contributed by atoms with Gasteiger partial charge in [-0.05, 0) is 12.1 Å². The molecule has 0 saturated heterocycles. The molecule has 3 nitrogen and oxygen atoms in total. The predicted molar refractivity (Wildman–Crippen MR) is 56.7 cm³/mol. The van der Waals surface area contributed by atoms with Crippen molar-refractivity contribution < 1.29 is 21.6 Å². The van der Waals surface area contributed by atoms with Crippen molar-refractivity contribution in [1.29, 1.82) is 0 Å². The molecule has 1 heterocycles. The fourth-order valence-corrected chi connectivity index (χ4v) is 2.21. The molecule has 0 N–H and O–H groups in total. The first kappa shape index (κ1) is 14.8. The molecule has 17 heavy (non-hydrogen) atoms. The van der Waals surface area contributed by atoms with Crippen LogP contribution in [0.2, 0.25) is 0 Å². The fraction of sp³-hybridized carbons (Fsp3) is 0.286. The average Bonchev–Trinajstić information content (AvgIpc) is 2.15. The van der Waals surface area contributed by atoms with Gasteiger partial charge in [0.05, 0.1) is 5.56 Å². The highest BCUT2D eigenvalue weighted by Gasteiger charge is 2.41. The Bertz CT molecular complexity index is 507. The van der Waals surface area contributed by atoms with E-state index in [4.69, 9.17) is 34.8 Å². The predicted octanol–water partition coefficient (Wildman–Crippen LogP) is 3.20. The molecule has 0 aromatic carbocycles. The second kappa shape index (κ2) is 4.46. The standard InChI is InChI=1S/C7H3Cl3F3NO2S/c8-7(9,10)17(15,16)5-2-1-4(3-14-5)6(11,12)13/h1-3H. The maximum Gasteiger partial charge on any atom is 0.417 e. The van der Waals surface area contributed by atoms with Crippen LogP contribution in [0.15, 0.2) is 23.4 Å². The number of hydrogen-bond donors (Lipinski definition) is 0. The smallest absolute Gasteiger partial charge is 0.244 e. The van der Waals surface area contributed by atoms with Crippen molar-refractivity contribution in [3.05, 3.63) is 23.9 Å². The zero-order valence-electron chi connectivity index (χ0n) is 7.67. The third-order valence-corrected chi connectivity index (χ3v) is 4.87. The third-order valence-electron chi connectivity index (χ3n) is 1.64. The number of aromatic nitrogens is 1. The quantitative estimate of drug-likeness (QED) is 0.744. The molecule has 0 radical (unpaired) electrons. The molecule has 0 aliphatic rings. The number of rotatable bonds is 1. The summed E-state index contributed by atoms with van der Waals surface area (Å²) in [6.45, 7) is 0. The third kappa shape index (κ3) is 3.15. The van der Waals surface area contributed by atoms with Crippen LogP contribution in [0.25, 0.3) is 0 Å². The zero-order valence-corrected chi connectivity index (χ0v) is 10.8. The van der Waals surface area contributed by atoms with Gasteiger partial charge in [-0.1, -0.05) is 34.8 Å². The fourth-order valence-electron chi connectivity index (χ4n) is 0.826. The highest BCUT2D eigenvalue weighted by atomic mass is 35.6. The van der Waals surface area contributed by atoms with Crippen LogP contribution in [-0.4, -0.2) is 16.5 Å². The molecule has 1 aromatic heterocycles. The minimum atomic E-state index is -4.62. The van der Waals surface area contributed by atoms with Crippen molar-refractivity contribution >= 4 is 44.6 Å². The van der Waals surface area contributed by atoms with Crippen molar-refractivity contribution in [1.82, 2.24) is 4.98 Å². The Labute approximate surface area is 109 Å². The molecule has 0 saturated carbocycles. The number of nitrogens with zero attached hydrogens (tertiary/aromatic N) is 1. The van der Waals surface area contributed by atoms with Crippen LogP contribution in [0.3, 0.4) is 0 Å². The van der Waals surface area contributed by atoms with Crippen molar-refractivity contribution in [2.75, 3.05) is 0 Å². The molecule has 10 heteroatoms. The molecule has 0 aliphatic carbocycles. The van der Waals surface area contributed by atoms with Gasteiger partial charge in [0.1, 0.15) is 0 Å². The Morgan fingerprint density at radius 3 is 1.94 bits per heavy atom. The summed E-state index contributed by atoms with van der Waals surface area (Å²) in [6, 6.07) is 1.16. The Morgan fingerprint density at radius 1 is 1.12 bits per heavy atom.